The molecule has 2 aromatic heterocycles. The number of nitrogens with zero attached hydrogens (tertiary/aromatic N) is 2. The van der Waals surface area contributed by atoms with E-state index in [1.165, 1.54) is 12.1 Å². The van der Waals surface area contributed by atoms with Crippen molar-refractivity contribution in [2.75, 3.05) is 0 Å². The molecule has 0 amide bonds. The third-order valence-electron chi connectivity index (χ3n) is 2.21. The van der Waals surface area contributed by atoms with Crippen LogP contribution < -0.4 is 4.72 Å². The Morgan fingerprint density at radius 3 is 2.85 bits per heavy atom. The molecule has 0 saturated heterocycles. The topological polar surface area (TPSA) is 122 Å². The highest BCUT2D eigenvalue weighted by molar-refractivity contribution is 7.91. The zero-order valence-corrected chi connectivity index (χ0v) is 12.0. The van der Waals surface area contributed by atoms with Crippen molar-refractivity contribution in [2.45, 2.75) is 24.1 Å². The standard InChI is InChI=1S/C10H11N3O5S2/c1-6-12-8(18-13-6)5-11-20(16,17)10-3-2-7(19-10)4-9(14)15/h2-3,11H,4-5H2,1H3,(H,14,15). The largest absolute Gasteiger partial charge is 0.481 e. The third-order valence-corrected chi connectivity index (χ3v) is 5.19. The van der Waals surface area contributed by atoms with Crippen LogP contribution in [0.5, 0.6) is 0 Å². The highest BCUT2D eigenvalue weighted by Crippen LogP contribution is 2.22. The quantitative estimate of drug-likeness (QED) is 0.797. The van der Waals surface area contributed by atoms with Crippen LogP contribution in [-0.4, -0.2) is 29.6 Å². The van der Waals surface area contributed by atoms with Gasteiger partial charge in [-0.15, -0.1) is 11.3 Å². The Hall–Kier alpha value is -1.78. The lowest BCUT2D eigenvalue weighted by molar-refractivity contribution is -0.136. The first-order chi connectivity index (χ1) is 9.37. The van der Waals surface area contributed by atoms with Gasteiger partial charge in [-0.25, -0.2) is 13.1 Å². The number of carboxylic acid groups (broad SMARTS) is 1. The number of nitrogens with one attached hydrogen (secondary N) is 1. The van der Waals surface area contributed by atoms with Crippen LogP contribution in [0, 0.1) is 6.92 Å². The fraction of sp³-hybridized carbons (Fsp3) is 0.300. The summed E-state index contributed by atoms with van der Waals surface area (Å²) in [4.78, 5) is 14.9. The minimum atomic E-state index is -3.72. The van der Waals surface area contributed by atoms with Crippen LogP contribution >= 0.6 is 11.3 Å². The maximum absolute atomic E-state index is 12.0. The van der Waals surface area contributed by atoms with E-state index < -0.39 is 16.0 Å². The Morgan fingerprint density at radius 2 is 2.25 bits per heavy atom. The van der Waals surface area contributed by atoms with Crippen molar-refractivity contribution in [1.29, 1.82) is 0 Å². The summed E-state index contributed by atoms with van der Waals surface area (Å²) < 4.78 is 31.1. The van der Waals surface area contributed by atoms with E-state index in [0.29, 0.717) is 10.7 Å². The van der Waals surface area contributed by atoms with Crippen LogP contribution in [0.2, 0.25) is 0 Å². The van der Waals surface area contributed by atoms with Gasteiger partial charge in [-0.3, -0.25) is 4.79 Å². The van der Waals surface area contributed by atoms with E-state index in [2.05, 4.69) is 14.9 Å². The van der Waals surface area contributed by atoms with Crippen LogP contribution in [0.25, 0.3) is 0 Å². The maximum atomic E-state index is 12.0. The number of aromatic nitrogens is 2. The SMILES string of the molecule is Cc1noc(CNS(=O)(=O)c2ccc(CC(=O)O)s2)n1. The van der Waals surface area contributed by atoms with Gasteiger partial charge in [-0.05, 0) is 19.1 Å². The first-order valence-corrected chi connectivity index (χ1v) is 7.76. The number of carboxylic acids is 1. The van der Waals surface area contributed by atoms with Crippen LogP contribution in [0.1, 0.15) is 16.6 Å². The van der Waals surface area contributed by atoms with Crippen LogP contribution in [0.4, 0.5) is 0 Å². The highest BCUT2D eigenvalue weighted by Gasteiger charge is 2.18. The van der Waals surface area contributed by atoms with E-state index in [-0.39, 0.29) is 23.1 Å². The lowest BCUT2D eigenvalue weighted by atomic mass is 10.3. The first-order valence-electron chi connectivity index (χ1n) is 5.46. The molecule has 0 saturated carbocycles. The fourth-order valence-corrected chi connectivity index (χ4v) is 3.75. The molecular formula is C10H11N3O5S2. The van der Waals surface area contributed by atoms with Gasteiger partial charge in [0.25, 0.3) is 10.0 Å². The number of thiophene rings is 1. The molecule has 0 aliphatic carbocycles. The Balaban J connectivity index is 2.06. The van der Waals surface area contributed by atoms with E-state index in [0.717, 1.165) is 11.3 Å². The molecule has 0 radical (unpaired) electrons. The number of sulfonamides is 1. The Kier molecular flexibility index (Phi) is 4.16. The van der Waals surface area contributed by atoms with Crippen molar-refractivity contribution in [1.82, 2.24) is 14.9 Å². The van der Waals surface area contributed by atoms with E-state index >= 15 is 0 Å². The maximum Gasteiger partial charge on any atom is 0.308 e. The second-order valence-corrected chi connectivity index (χ2v) is 7.01. The van der Waals surface area contributed by atoms with Gasteiger partial charge in [0, 0.05) is 4.88 Å². The average molecular weight is 317 g/mol. The Labute approximate surface area is 118 Å². The van der Waals surface area contributed by atoms with Gasteiger partial charge in [0.2, 0.25) is 5.89 Å². The summed E-state index contributed by atoms with van der Waals surface area (Å²) in [5.74, 6) is -0.433. The average Bonchev–Trinajstić information content (AvgIpc) is 2.95. The van der Waals surface area contributed by atoms with Gasteiger partial charge in [0.05, 0.1) is 13.0 Å². The molecule has 2 N–H and O–H groups in total. The van der Waals surface area contributed by atoms with Gasteiger partial charge < -0.3 is 9.63 Å². The van der Waals surface area contributed by atoms with E-state index in [9.17, 15) is 13.2 Å². The van der Waals surface area contributed by atoms with Crippen molar-refractivity contribution in [3.05, 3.63) is 28.7 Å². The van der Waals surface area contributed by atoms with E-state index in [4.69, 9.17) is 9.63 Å². The second-order valence-electron chi connectivity index (χ2n) is 3.85. The molecule has 0 aromatic carbocycles. The monoisotopic (exact) mass is 317 g/mol. The zero-order chi connectivity index (χ0) is 14.8. The summed E-state index contributed by atoms with van der Waals surface area (Å²) in [6.45, 7) is 1.51. The number of aliphatic carboxylic acids is 1. The summed E-state index contributed by atoms with van der Waals surface area (Å²) in [5, 5.41) is 12.2. The molecule has 0 unspecified atom stereocenters. The lowest BCUT2D eigenvalue weighted by Crippen LogP contribution is -2.22. The molecule has 0 spiro atoms. The van der Waals surface area contributed by atoms with Gasteiger partial charge in [0.15, 0.2) is 5.82 Å². The number of rotatable bonds is 6. The lowest BCUT2D eigenvalue weighted by Gasteiger charge is -2.00. The van der Waals surface area contributed by atoms with Crippen molar-refractivity contribution in [2.24, 2.45) is 0 Å². The molecule has 0 fully saturated rings. The molecule has 0 aliphatic rings. The van der Waals surface area contributed by atoms with Gasteiger partial charge in [-0.2, -0.15) is 4.98 Å². The molecule has 0 atom stereocenters. The molecule has 2 aromatic rings. The first kappa shape index (κ1) is 14.6. The van der Waals surface area contributed by atoms with E-state index in [1.807, 2.05) is 0 Å². The summed E-state index contributed by atoms with van der Waals surface area (Å²) in [6.07, 6.45) is -0.205. The van der Waals surface area contributed by atoms with E-state index in [1.54, 1.807) is 6.92 Å². The van der Waals surface area contributed by atoms with Crippen molar-refractivity contribution < 1.29 is 22.8 Å². The zero-order valence-electron chi connectivity index (χ0n) is 10.4. The van der Waals surface area contributed by atoms with Crippen molar-refractivity contribution in [3.63, 3.8) is 0 Å². The summed E-state index contributed by atoms with van der Waals surface area (Å²) in [6, 6.07) is 2.84. The highest BCUT2D eigenvalue weighted by atomic mass is 32.2. The summed E-state index contributed by atoms with van der Waals surface area (Å²) in [7, 11) is -3.72. The molecule has 10 heteroatoms. The number of carbonyl (C=O) groups is 1. The molecule has 108 valence electrons. The Bertz CT molecular complexity index is 719. The third kappa shape index (κ3) is 3.62. The van der Waals surface area contributed by atoms with Crippen molar-refractivity contribution in [3.8, 4) is 0 Å². The molecule has 0 aliphatic heterocycles. The fourth-order valence-electron chi connectivity index (χ4n) is 1.39. The smallest absolute Gasteiger partial charge is 0.308 e. The minimum absolute atomic E-state index is 0.0463. The normalized spacial score (nSPS) is 11.7. The number of hydrogen-bond donors (Lipinski definition) is 2. The van der Waals surface area contributed by atoms with Crippen LogP contribution in [-0.2, 0) is 27.8 Å². The molecule has 2 rings (SSSR count). The van der Waals surface area contributed by atoms with Crippen LogP contribution in [0.3, 0.4) is 0 Å². The number of aryl methyl sites for hydroxylation is 1. The van der Waals surface area contributed by atoms with Crippen molar-refractivity contribution >= 4 is 27.3 Å². The summed E-state index contributed by atoms with van der Waals surface area (Å²) >= 11 is 0.911. The Morgan fingerprint density at radius 1 is 1.50 bits per heavy atom. The predicted octanol–water partition coefficient (Wildman–Crippen LogP) is 0.545. The number of hydrogen-bond acceptors (Lipinski definition) is 7. The molecule has 0 bridgehead atoms. The molecular weight excluding hydrogens is 306 g/mol. The minimum Gasteiger partial charge on any atom is -0.481 e. The van der Waals surface area contributed by atoms with Gasteiger partial charge in [0.1, 0.15) is 4.21 Å². The molecule has 2 heterocycles. The summed E-state index contributed by atoms with van der Waals surface area (Å²) in [5.41, 5.74) is 0. The van der Waals surface area contributed by atoms with Gasteiger partial charge >= 0.3 is 5.97 Å². The second kappa shape index (κ2) is 5.69. The van der Waals surface area contributed by atoms with Crippen LogP contribution in [0.15, 0.2) is 20.9 Å². The molecule has 20 heavy (non-hydrogen) atoms. The molecule has 8 nitrogen and oxygen atoms in total. The van der Waals surface area contributed by atoms with Gasteiger partial charge in [-0.1, -0.05) is 5.16 Å². The predicted molar refractivity (Wildman–Crippen MR) is 68.7 cm³/mol.